The molecule has 28 heavy (non-hydrogen) atoms. The summed E-state index contributed by atoms with van der Waals surface area (Å²) in [6.07, 6.45) is -1.35. The van der Waals surface area contributed by atoms with Crippen LogP contribution in [0.25, 0.3) is 0 Å². The van der Waals surface area contributed by atoms with E-state index in [9.17, 15) is 23.2 Å². The molecule has 0 bridgehead atoms. The molecular formula is C21H20F3N3O. The molecule has 3 atom stereocenters. The van der Waals surface area contributed by atoms with Crippen molar-refractivity contribution in [3.63, 3.8) is 0 Å². The Morgan fingerprint density at radius 2 is 1.61 bits per heavy atom. The van der Waals surface area contributed by atoms with Crippen molar-refractivity contribution < 1.29 is 18.0 Å². The first-order chi connectivity index (χ1) is 13.2. The highest BCUT2D eigenvalue weighted by atomic mass is 19.1. The number of likely N-dealkylation sites (tertiary alicyclic amines) is 1. The summed E-state index contributed by atoms with van der Waals surface area (Å²) in [5, 5.41) is 9.27. The molecule has 1 aliphatic rings. The second-order valence-corrected chi connectivity index (χ2v) is 7.25. The Balaban J connectivity index is 2.05. The molecule has 0 saturated carbocycles. The van der Waals surface area contributed by atoms with Crippen LogP contribution in [0.15, 0.2) is 48.5 Å². The molecule has 0 spiro atoms. The van der Waals surface area contributed by atoms with E-state index in [2.05, 4.69) is 0 Å². The summed E-state index contributed by atoms with van der Waals surface area (Å²) in [4.78, 5) is 14.4. The zero-order chi connectivity index (χ0) is 20.5. The van der Waals surface area contributed by atoms with Gasteiger partial charge < -0.3 is 10.6 Å². The molecule has 1 heterocycles. The van der Waals surface area contributed by atoms with Crippen LogP contribution in [0.1, 0.15) is 30.4 Å². The van der Waals surface area contributed by atoms with E-state index in [0.717, 1.165) is 4.90 Å². The number of benzene rings is 2. The fraction of sp³-hybridized carbons (Fsp3) is 0.333. The fourth-order valence-corrected chi connectivity index (χ4v) is 3.76. The first-order valence-corrected chi connectivity index (χ1v) is 8.88. The third kappa shape index (κ3) is 3.73. The molecule has 0 aliphatic carbocycles. The third-order valence-electron chi connectivity index (χ3n) is 5.13. The van der Waals surface area contributed by atoms with Crippen LogP contribution in [-0.2, 0) is 4.79 Å². The fourth-order valence-electron chi connectivity index (χ4n) is 3.76. The van der Waals surface area contributed by atoms with Crippen molar-refractivity contribution in [1.82, 2.24) is 4.90 Å². The maximum atomic E-state index is 13.8. The van der Waals surface area contributed by atoms with Crippen LogP contribution in [0.2, 0.25) is 0 Å². The summed E-state index contributed by atoms with van der Waals surface area (Å²) in [7, 11) is 0. The highest BCUT2D eigenvalue weighted by Gasteiger charge is 2.46. The standard InChI is InChI=1S/C21H20F3N3O/c1-21(26,20(28)27-12-17(24)10-18(27)11-25)19(13-2-6-15(22)7-3-13)14-4-8-16(23)9-5-14/h2-9,17-19H,10,12,26H2,1H3/t17-,18-,21-/m0/s1. The summed E-state index contributed by atoms with van der Waals surface area (Å²) in [6.45, 7) is 1.29. The van der Waals surface area contributed by atoms with Crippen molar-refractivity contribution in [2.24, 2.45) is 5.73 Å². The van der Waals surface area contributed by atoms with Crippen LogP contribution in [0.5, 0.6) is 0 Å². The van der Waals surface area contributed by atoms with Crippen LogP contribution >= 0.6 is 0 Å². The maximum absolute atomic E-state index is 13.8. The molecule has 1 amide bonds. The molecule has 1 saturated heterocycles. The normalized spacial score (nSPS) is 21.4. The van der Waals surface area contributed by atoms with Gasteiger partial charge in [0.25, 0.3) is 0 Å². The first kappa shape index (κ1) is 19.9. The number of rotatable bonds is 4. The van der Waals surface area contributed by atoms with E-state index in [0.29, 0.717) is 11.1 Å². The molecule has 146 valence electrons. The minimum Gasteiger partial charge on any atom is -0.322 e. The highest BCUT2D eigenvalue weighted by molar-refractivity contribution is 5.88. The van der Waals surface area contributed by atoms with Crippen LogP contribution in [0, 0.1) is 23.0 Å². The number of halogens is 3. The van der Waals surface area contributed by atoms with Gasteiger partial charge in [-0.05, 0) is 42.3 Å². The van der Waals surface area contributed by atoms with Crippen molar-refractivity contribution in [1.29, 1.82) is 5.26 Å². The Hall–Kier alpha value is -2.85. The van der Waals surface area contributed by atoms with E-state index in [1.54, 1.807) is 0 Å². The number of nitriles is 1. The molecule has 0 aromatic heterocycles. The van der Waals surface area contributed by atoms with Gasteiger partial charge in [-0.1, -0.05) is 24.3 Å². The average molecular weight is 387 g/mol. The summed E-state index contributed by atoms with van der Waals surface area (Å²) < 4.78 is 40.7. The van der Waals surface area contributed by atoms with Gasteiger partial charge in [0, 0.05) is 12.3 Å². The summed E-state index contributed by atoms with van der Waals surface area (Å²) in [5.41, 5.74) is 6.01. The van der Waals surface area contributed by atoms with Gasteiger partial charge in [0.05, 0.1) is 12.6 Å². The number of amides is 1. The molecule has 7 heteroatoms. The van der Waals surface area contributed by atoms with Gasteiger partial charge in [-0.15, -0.1) is 0 Å². The van der Waals surface area contributed by atoms with Crippen LogP contribution in [0.3, 0.4) is 0 Å². The Morgan fingerprint density at radius 1 is 1.14 bits per heavy atom. The van der Waals surface area contributed by atoms with Gasteiger partial charge in [0.1, 0.15) is 29.4 Å². The third-order valence-corrected chi connectivity index (χ3v) is 5.13. The largest absolute Gasteiger partial charge is 0.322 e. The van der Waals surface area contributed by atoms with E-state index < -0.39 is 41.2 Å². The lowest BCUT2D eigenvalue weighted by molar-refractivity contribution is -0.137. The minimum absolute atomic E-state index is 0.0594. The average Bonchev–Trinajstić information content (AvgIpc) is 3.05. The van der Waals surface area contributed by atoms with E-state index >= 15 is 0 Å². The molecule has 0 unspecified atom stereocenters. The zero-order valence-electron chi connectivity index (χ0n) is 15.3. The van der Waals surface area contributed by atoms with Crippen LogP contribution in [-0.4, -0.2) is 35.1 Å². The Labute approximate surface area is 161 Å². The number of carbonyl (C=O) groups excluding carboxylic acids is 1. The van der Waals surface area contributed by atoms with Crippen molar-refractivity contribution in [2.75, 3.05) is 6.54 Å². The quantitative estimate of drug-likeness (QED) is 0.875. The molecular weight excluding hydrogens is 367 g/mol. The number of hydrogen-bond donors (Lipinski definition) is 1. The van der Waals surface area contributed by atoms with Gasteiger partial charge >= 0.3 is 0 Å². The molecule has 3 rings (SSSR count). The number of hydrogen-bond acceptors (Lipinski definition) is 3. The van der Waals surface area contributed by atoms with Gasteiger partial charge in [-0.3, -0.25) is 4.79 Å². The smallest absolute Gasteiger partial charge is 0.244 e. The minimum atomic E-state index is -1.57. The lowest BCUT2D eigenvalue weighted by Crippen LogP contribution is -2.58. The lowest BCUT2D eigenvalue weighted by Gasteiger charge is -2.37. The molecule has 2 aromatic rings. The molecule has 4 nitrogen and oxygen atoms in total. The maximum Gasteiger partial charge on any atom is 0.244 e. The van der Waals surface area contributed by atoms with Gasteiger partial charge in [-0.25, -0.2) is 13.2 Å². The molecule has 2 N–H and O–H groups in total. The summed E-state index contributed by atoms with van der Waals surface area (Å²) in [6, 6.07) is 12.1. The number of nitrogens with zero attached hydrogens (tertiary/aromatic N) is 2. The number of nitrogens with two attached hydrogens (primary N) is 1. The Bertz CT molecular complexity index is 845. The van der Waals surface area contributed by atoms with Crippen molar-refractivity contribution in [3.05, 3.63) is 71.3 Å². The van der Waals surface area contributed by atoms with E-state index in [1.165, 1.54) is 55.5 Å². The monoisotopic (exact) mass is 387 g/mol. The van der Waals surface area contributed by atoms with Gasteiger partial charge in [0.2, 0.25) is 5.91 Å². The topological polar surface area (TPSA) is 70.1 Å². The second-order valence-electron chi connectivity index (χ2n) is 7.25. The summed E-state index contributed by atoms with van der Waals surface area (Å²) >= 11 is 0. The molecule has 2 aromatic carbocycles. The highest BCUT2D eigenvalue weighted by Crippen LogP contribution is 2.36. The van der Waals surface area contributed by atoms with Crippen LogP contribution in [0.4, 0.5) is 13.2 Å². The van der Waals surface area contributed by atoms with E-state index in [4.69, 9.17) is 5.73 Å². The SMILES string of the molecule is C[C@@](N)(C(=O)N1C[C@@H](F)C[C@H]1C#N)C(c1ccc(F)cc1)c1ccc(F)cc1. The first-order valence-electron chi connectivity index (χ1n) is 8.88. The van der Waals surface area contributed by atoms with E-state index in [1.807, 2.05) is 6.07 Å². The predicted molar refractivity (Wildman–Crippen MR) is 97.9 cm³/mol. The van der Waals surface area contributed by atoms with Crippen LogP contribution < -0.4 is 5.73 Å². The van der Waals surface area contributed by atoms with Crippen molar-refractivity contribution >= 4 is 5.91 Å². The Kier molecular flexibility index (Phi) is 5.43. The zero-order valence-corrected chi connectivity index (χ0v) is 15.3. The van der Waals surface area contributed by atoms with Crippen molar-refractivity contribution in [3.8, 4) is 6.07 Å². The number of alkyl halides is 1. The second kappa shape index (κ2) is 7.64. The number of carbonyl (C=O) groups is 1. The summed E-state index contributed by atoms with van der Waals surface area (Å²) in [5.74, 6) is -2.23. The van der Waals surface area contributed by atoms with E-state index in [-0.39, 0.29) is 13.0 Å². The predicted octanol–water partition coefficient (Wildman–Crippen LogP) is 3.28. The molecule has 1 aliphatic heterocycles. The molecule has 1 fully saturated rings. The molecule has 0 radical (unpaired) electrons. The Morgan fingerprint density at radius 3 is 2.04 bits per heavy atom. The van der Waals surface area contributed by atoms with Gasteiger partial charge in [0.15, 0.2) is 0 Å². The lowest BCUT2D eigenvalue weighted by atomic mass is 9.75. The van der Waals surface area contributed by atoms with Crippen molar-refractivity contribution in [2.45, 2.75) is 37.0 Å². The van der Waals surface area contributed by atoms with Gasteiger partial charge in [-0.2, -0.15) is 5.26 Å².